The summed E-state index contributed by atoms with van der Waals surface area (Å²) in [6, 6.07) is 12.4. The number of carbonyl (C=O) groups is 1. The lowest BCUT2D eigenvalue weighted by atomic mass is 10.2. The number of fused-ring (bicyclic) bond motifs is 1. The van der Waals surface area contributed by atoms with Crippen LogP contribution in [0.15, 0.2) is 52.9 Å². The van der Waals surface area contributed by atoms with E-state index in [0.29, 0.717) is 11.5 Å². The molecule has 3 aromatic rings. The number of hydrogen-bond donors (Lipinski definition) is 2. The van der Waals surface area contributed by atoms with Gasteiger partial charge in [0.25, 0.3) is 5.69 Å². The molecule has 0 spiro atoms. The molecule has 0 radical (unpaired) electrons. The van der Waals surface area contributed by atoms with Crippen molar-refractivity contribution in [2.24, 2.45) is 0 Å². The van der Waals surface area contributed by atoms with Gasteiger partial charge in [-0.1, -0.05) is 18.2 Å². The third kappa shape index (κ3) is 3.59. The summed E-state index contributed by atoms with van der Waals surface area (Å²) in [6.45, 7) is 1.78. The standard InChI is InChI=1S/C18H17N3O5/c1-11(17-9-12-5-3-4-6-15(12)26-17)19-18(22)20-14-10-13(21(23)24)7-8-16(14)25-2/h3-11H,1-2H3,(H2,19,20,22)/t11-/m1/s1. The number of furan rings is 1. The molecule has 1 aromatic heterocycles. The lowest BCUT2D eigenvalue weighted by Crippen LogP contribution is -2.31. The highest BCUT2D eigenvalue weighted by Crippen LogP contribution is 2.29. The van der Waals surface area contributed by atoms with Crippen LogP contribution in [0.2, 0.25) is 0 Å². The summed E-state index contributed by atoms with van der Waals surface area (Å²) >= 11 is 0. The van der Waals surface area contributed by atoms with Gasteiger partial charge in [-0.05, 0) is 25.1 Å². The van der Waals surface area contributed by atoms with Crippen molar-refractivity contribution in [2.45, 2.75) is 13.0 Å². The summed E-state index contributed by atoms with van der Waals surface area (Å²) in [5.74, 6) is 0.925. The molecule has 8 heteroatoms. The van der Waals surface area contributed by atoms with E-state index in [-0.39, 0.29) is 11.4 Å². The van der Waals surface area contributed by atoms with Gasteiger partial charge in [-0.3, -0.25) is 10.1 Å². The average Bonchev–Trinajstić information content (AvgIpc) is 3.05. The van der Waals surface area contributed by atoms with Gasteiger partial charge in [0.2, 0.25) is 0 Å². The molecule has 0 fully saturated rings. The number of nitrogens with zero attached hydrogens (tertiary/aromatic N) is 1. The number of ether oxygens (including phenoxy) is 1. The van der Waals surface area contributed by atoms with E-state index in [1.54, 1.807) is 6.92 Å². The van der Waals surface area contributed by atoms with E-state index in [0.717, 1.165) is 11.0 Å². The first kappa shape index (κ1) is 17.3. The summed E-state index contributed by atoms with van der Waals surface area (Å²) in [5, 5.41) is 17.2. The molecule has 2 aromatic carbocycles. The second-order valence-corrected chi connectivity index (χ2v) is 5.65. The third-order valence-electron chi connectivity index (χ3n) is 3.86. The van der Waals surface area contributed by atoms with Gasteiger partial charge in [0, 0.05) is 17.5 Å². The van der Waals surface area contributed by atoms with Crippen LogP contribution < -0.4 is 15.4 Å². The molecule has 0 unspecified atom stereocenters. The minimum Gasteiger partial charge on any atom is -0.495 e. The molecule has 0 saturated heterocycles. The molecular weight excluding hydrogens is 338 g/mol. The number of nitrogens with one attached hydrogen (secondary N) is 2. The summed E-state index contributed by atoms with van der Waals surface area (Å²) in [4.78, 5) is 22.6. The van der Waals surface area contributed by atoms with Gasteiger partial charge >= 0.3 is 6.03 Å². The number of carbonyl (C=O) groups excluding carboxylic acids is 1. The maximum atomic E-state index is 12.3. The number of urea groups is 1. The fraction of sp³-hybridized carbons (Fsp3) is 0.167. The van der Waals surface area contributed by atoms with Crippen LogP contribution in [-0.4, -0.2) is 18.1 Å². The van der Waals surface area contributed by atoms with E-state index >= 15 is 0 Å². The fourth-order valence-electron chi connectivity index (χ4n) is 2.55. The number of para-hydroxylation sites is 1. The van der Waals surface area contributed by atoms with Gasteiger partial charge in [0.05, 0.1) is 23.8 Å². The lowest BCUT2D eigenvalue weighted by Gasteiger charge is -2.14. The zero-order chi connectivity index (χ0) is 18.7. The van der Waals surface area contributed by atoms with E-state index in [1.807, 2.05) is 30.3 Å². The number of non-ortho nitro benzene ring substituents is 1. The first-order valence-corrected chi connectivity index (χ1v) is 7.86. The van der Waals surface area contributed by atoms with Gasteiger partial charge in [-0.15, -0.1) is 0 Å². The number of methoxy groups -OCH3 is 1. The molecule has 0 aliphatic rings. The maximum absolute atomic E-state index is 12.3. The van der Waals surface area contributed by atoms with Crippen molar-refractivity contribution in [3.05, 3.63) is 64.4 Å². The molecule has 1 heterocycles. The van der Waals surface area contributed by atoms with Crippen molar-refractivity contribution in [3.63, 3.8) is 0 Å². The largest absolute Gasteiger partial charge is 0.495 e. The monoisotopic (exact) mass is 355 g/mol. The summed E-state index contributed by atoms with van der Waals surface area (Å²) in [5.41, 5.74) is 0.791. The van der Waals surface area contributed by atoms with E-state index in [2.05, 4.69) is 10.6 Å². The Morgan fingerprint density at radius 2 is 2.00 bits per heavy atom. The second-order valence-electron chi connectivity index (χ2n) is 5.65. The number of nitro groups is 1. The number of amides is 2. The van der Waals surface area contributed by atoms with E-state index in [1.165, 1.54) is 25.3 Å². The summed E-state index contributed by atoms with van der Waals surface area (Å²) in [7, 11) is 1.42. The fourth-order valence-corrected chi connectivity index (χ4v) is 2.55. The van der Waals surface area contributed by atoms with E-state index in [9.17, 15) is 14.9 Å². The molecule has 8 nitrogen and oxygen atoms in total. The highest BCUT2D eigenvalue weighted by molar-refractivity contribution is 5.91. The molecule has 2 N–H and O–H groups in total. The highest BCUT2D eigenvalue weighted by atomic mass is 16.6. The molecule has 134 valence electrons. The number of hydrogen-bond acceptors (Lipinski definition) is 5. The van der Waals surface area contributed by atoms with Crippen LogP contribution in [0, 0.1) is 10.1 Å². The molecule has 2 amide bonds. The summed E-state index contributed by atoms with van der Waals surface area (Å²) in [6.07, 6.45) is 0. The Bertz CT molecular complexity index is 933. The predicted octanol–water partition coefficient (Wildman–Crippen LogP) is 4.23. The topological polar surface area (TPSA) is 107 Å². The maximum Gasteiger partial charge on any atom is 0.319 e. The number of benzene rings is 2. The molecule has 0 saturated carbocycles. The van der Waals surface area contributed by atoms with Crippen molar-refractivity contribution in [3.8, 4) is 5.75 Å². The van der Waals surface area contributed by atoms with Crippen LogP contribution in [0.5, 0.6) is 5.75 Å². The molecule has 0 aliphatic carbocycles. The van der Waals surface area contributed by atoms with Gasteiger partial charge in [-0.25, -0.2) is 4.79 Å². The molecule has 0 aliphatic heterocycles. The van der Waals surface area contributed by atoms with Crippen molar-refractivity contribution >= 4 is 28.4 Å². The van der Waals surface area contributed by atoms with Crippen LogP contribution in [0.25, 0.3) is 11.0 Å². The van der Waals surface area contributed by atoms with Crippen LogP contribution in [0.1, 0.15) is 18.7 Å². The lowest BCUT2D eigenvalue weighted by molar-refractivity contribution is -0.384. The van der Waals surface area contributed by atoms with Crippen LogP contribution >= 0.6 is 0 Å². The van der Waals surface area contributed by atoms with Gasteiger partial charge in [0.1, 0.15) is 17.1 Å². The van der Waals surface area contributed by atoms with Gasteiger partial charge < -0.3 is 19.8 Å². The molecular formula is C18H17N3O5. The minimum absolute atomic E-state index is 0.147. The Morgan fingerprint density at radius 1 is 1.23 bits per heavy atom. The number of anilines is 1. The van der Waals surface area contributed by atoms with Gasteiger partial charge in [-0.2, -0.15) is 0 Å². The molecule has 3 rings (SSSR count). The van der Waals surface area contributed by atoms with Crippen molar-refractivity contribution in [1.29, 1.82) is 0 Å². The van der Waals surface area contributed by atoms with Crippen molar-refractivity contribution in [1.82, 2.24) is 5.32 Å². The van der Waals surface area contributed by atoms with Crippen LogP contribution in [-0.2, 0) is 0 Å². The van der Waals surface area contributed by atoms with Crippen LogP contribution in [0.4, 0.5) is 16.2 Å². The van der Waals surface area contributed by atoms with Crippen molar-refractivity contribution in [2.75, 3.05) is 12.4 Å². The Hall–Kier alpha value is -3.55. The first-order valence-electron chi connectivity index (χ1n) is 7.86. The Kier molecular flexibility index (Phi) is 4.74. The smallest absolute Gasteiger partial charge is 0.319 e. The highest BCUT2D eigenvalue weighted by Gasteiger charge is 2.17. The summed E-state index contributed by atoms with van der Waals surface area (Å²) < 4.78 is 10.8. The Labute approximate surface area is 148 Å². The SMILES string of the molecule is COc1ccc([N+](=O)[O-])cc1NC(=O)N[C@H](C)c1cc2ccccc2o1. The van der Waals surface area contributed by atoms with E-state index < -0.39 is 17.0 Å². The number of nitro benzene ring substituents is 1. The average molecular weight is 355 g/mol. The Morgan fingerprint density at radius 3 is 2.69 bits per heavy atom. The Balaban J connectivity index is 1.73. The molecule has 1 atom stereocenters. The zero-order valence-corrected chi connectivity index (χ0v) is 14.2. The second kappa shape index (κ2) is 7.14. The minimum atomic E-state index is -0.542. The molecule has 26 heavy (non-hydrogen) atoms. The number of rotatable bonds is 5. The van der Waals surface area contributed by atoms with Gasteiger partial charge in [0.15, 0.2) is 0 Å². The third-order valence-corrected chi connectivity index (χ3v) is 3.86. The predicted molar refractivity (Wildman–Crippen MR) is 96.4 cm³/mol. The molecule has 0 bridgehead atoms. The quantitative estimate of drug-likeness (QED) is 0.526. The zero-order valence-electron chi connectivity index (χ0n) is 14.2. The van der Waals surface area contributed by atoms with Crippen LogP contribution in [0.3, 0.4) is 0 Å². The normalized spacial score (nSPS) is 11.8. The van der Waals surface area contributed by atoms with Crippen molar-refractivity contribution < 1.29 is 18.9 Å². The first-order chi connectivity index (χ1) is 12.5. The van der Waals surface area contributed by atoms with E-state index in [4.69, 9.17) is 9.15 Å².